The summed E-state index contributed by atoms with van der Waals surface area (Å²) < 4.78 is 11.7. The minimum atomic E-state index is 0.467. The van der Waals surface area contributed by atoms with Gasteiger partial charge in [-0.25, -0.2) is 0 Å². The van der Waals surface area contributed by atoms with E-state index in [1.165, 1.54) is 5.56 Å². The van der Waals surface area contributed by atoms with E-state index in [0.29, 0.717) is 23.1 Å². The third kappa shape index (κ3) is 4.27. The number of hydrogen-bond donors (Lipinski definition) is 0. The molecule has 0 atom stereocenters. The highest BCUT2D eigenvalue weighted by molar-refractivity contribution is 6.32. The summed E-state index contributed by atoms with van der Waals surface area (Å²) in [5.74, 6) is 2.09. The molecule has 0 N–H and O–H groups in total. The molecule has 0 aliphatic heterocycles. The molecule has 116 valence electrons. The standard InChI is InChI=1S/C20H17ClO2/c1-15-7-9-17(10-8-15)23-18-11-12-19(21)20(13-18)22-14-16-5-3-2-4-6-16/h2-13H,14H2,1H3. The Hall–Kier alpha value is -2.45. The first-order valence-electron chi connectivity index (χ1n) is 7.41. The van der Waals surface area contributed by atoms with Gasteiger partial charge < -0.3 is 9.47 Å². The Labute approximate surface area is 141 Å². The summed E-state index contributed by atoms with van der Waals surface area (Å²) in [5.41, 5.74) is 2.29. The molecule has 0 heterocycles. The minimum Gasteiger partial charge on any atom is -0.487 e. The summed E-state index contributed by atoms with van der Waals surface area (Å²) in [5, 5.41) is 0.567. The second-order valence-corrected chi connectivity index (χ2v) is 5.69. The third-order valence-electron chi connectivity index (χ3n) is 3.40. The van der Waals surface area contributed by atoms with Crippen LogP contribution < -0.4 is 9.47 Å². The number of hydrogen-bond acceptors (Lipinski definition) is 2. The van der Waals surface area contributed by atoms with E-state index < -0.39 is 0 Å². The maximum absolute atomic E-state index is 6.21. The zero-order valence-electron chi connectivity index (χ0n) is 12.8. The highest BCUT2D eigenvalue weighted by Gasteiger charge is 2.06. The number of aryl methyl sites for hydroxylation is 1. The Morgan fingerprint density at radius 1 is 0.826 bits per heavy atom. The molecule has 2 nitrogen and oxygen atoms in total. The number of benzene rings is 3. The number of rotatable bonds is 5. The summed E-state index contributed by atoms with van der Waals surface area (Å²) >= 11 is 6.21. The van der Waals surface area contributed by atoms with Crippen molar-refractivity contribution in [3.05, 3.63) is 88.9 Å². The van der Waals surface area contributed by atoms with Crippen LogP contribution >= 0.6 is 11.6 Å². The Kier molecular flexibility index (Phi) is 4.84. The van der Waals surface area contributed by atoms with Crippen LogP contribution in [0.1, 0.15) is 11.1 Å². The van der Waals surface area contributed by atoms with E-state index in [9.17, 15) is 0 Å². The van der Waals surface area contributed by atoms with Gasteiger partial charge in [-0.1, -0.05) is 59.6 Å². The molecule has 0 saturated carbocycles. The quantitative estimate of drug-likeness (QED) is 0.571. The number of ether oxygens (including phenoxy) is 2. The van der Waals surface area contributed by atoms with E-state index in [-0.39, 0.29) is 0 Å². The Morgan fingerprint density at radius 3 is 2.26 bits per heavy atom. The van der Waals surface area contributed by atoms with Crippen LogP contribution in [-0.4, -0.2) is 0 Å². The molecular weight excluding hydrogens is 308 g/mol. The highest BCUT2D eigenvalue weighted by Crippen LogP contribution is 2.32. The number of halogens is 1. The predicted octanol–water partition coefficient (Wildman–Crippen LogP) is 6.02. The molecule has 3 aromatic rings. The van der Waals surface area contributed by atoms with Gasteiger partial charge >= 0.3 is 0 Å². The summed E-state index contributed by atoms with van der Waals surface area (Å²) in [6.45, 7) is 2.51. The lowest BCUT2D eigenvalue weighted by molar-refractivity contribution is 0.305. The van der Waals surface area contributed by atoms with Crippen molar-refractivity contribution in [1.82, 2.24) is 0 Å². The summed E-state index contributed by atoms with van der Waals surface area (Å²) in [7, 11) is 0. The molecule has 0 bridgehead atoms. The SMILES string of the molecule is Cc1ccc(Oc2ccc(Cl)c(OCc3ccccc3)c2)cc1. The largest absolute Gasteiger partial charge is 0.487 e. The molecule has 0 amide bonds. The van der Waals surface area contributed by atoms with Gasteiger partial charge in [0.1, 0.15) is 23.9 Å². The van der Waals surface area contributed by atoms with Crippen LogP contribution in [0.15, 0.2) is 72.8 Å². The molecule has 0 radical (unpaired) electrons. The fraction of sp³-hybridized carbons (Fsp3) is 0.100. The lowest BCUT2D eigenvalue weighted by atomic mass is 10.2. The van der Waals surface area contributed by atoms with Crippen LogP contribution in [0.25, 0.3) is 0 Å². The van der Waals surface area contributed by atoms with Crippen LogP contribution in [-0.2, 0) is 6.61 Å². The van der Waals surface area contributed by atoms with E-state index in [1.54, 1.807) is 6.07 Å². The average molecular weight is 325 g/mol. The first-order chi connectivity index (χ1) is 11.2. The van der Waals surface area contributed by atoms with Gasteiger partial charge in [0.15, 0.2) is 0 Å². The molecular formula is C20H17ClO2. The van der Waals surface area contributed by atoms with E-state index in [1.807, 2.05) is 73.7 Å². The zero-order chi connectivity index (χ0) is 16.1. The Morgan fingerprint density at radius 2 is 1.52 bits per heavy atom. The molecule has 3 heteroatoms. The van der Waals surface area contributed by atoms with Gasteiger partial charge in [-0.2, -0.15) is 0 Å². The van der Waals surface area contributed by atoms with Gasteiger partial charge in [0, 0.05) is 6.07 Å². The molecule has 0 aliphatic carbocycles. The zero-order valence-corrected chi connectivity index (χ0v) is 13.6. The van der Waals surface area contributed by atoms with Crippen molar-refractivity contribution in [3.63, 3.8) is 0 Å². The van der Waals surface area contributed by atoms with Gasteiger partial charge in [0.05, 0.1) is 5.02 Å². The molecule has 0 aromatic heterocycles. The molecule has 3 aromatic carbocycles. The Balaban J connectivity index is 1.72. The fourth-order valence-corrected chi connectivity index (χ4v) is 2.31. The van der Waals surface area contributed by atoms with E-state index in [0.717, 1.165) is 11.3 Å². The topological polar surface area (TPSA) is 18.5 Å². The minimum absolute atomic E-state index is 0.467. The van der Waals surface area contributed by atoms with Gasteiger partial charge in [-0.3, -0.25) is 0 Å². The first-order valence-corrected chi connectivity index (χ1v) is 7.79. The normalized spacial score (nSPS) is 10.3. The third-order valence-corrected chi connectivity index (χ3v) is 3.71. The predicted molar refractivity (Wildman–Crippen MR) is 93.5 cm³/mol. The first kappa shape index (κ1) is 15.4. The summed E-state index contributed by atoms with van der Waals surface area (Å²) in [6.07, 6.45) is 0. The molecule has 3 rings (SSSR count). The van der Waals surface area contributed by atoms with Crippen molar-refractivity contribution in [3.8, 4) is 17.2 Å². The van der Waals surface area contributed by atoms with Crippen LogP contribution in [0.3, 0.4) is 0 Å². The maximum Gasteiger partial charge on any atom is 0.142 e. The van der Waals surface area contributed by atoms with E-state index in [2.05, 4.69) is 0 Å². The second kappa shape index (κ2) is 7.21. The monoisotopic (exact) mass is 324 g/mol. The fourth-order valence-electron chi connectivity index (χ4n) is 2.14. The molecule has 0 fully saturated rings. The summed E-state index contributed by atoms with van der Waals surface area (Å²) in [6, 6.07) is 23.3. The molecule has 0 unspecified atom stereocenters. The lowest BCUT2D eigenvalue weighted by Gasteiger charge is -2.11. The molecule has 0 spiro atoms. The Bertz CT molecular complexity index is 767. The highest BCUT2D eigenvalue weighted by atomic mass is 35.5. The molecule has 23 heavy (non-hydrogen) atoms. The van der Waals surface area contributed by atoms with Crippen molar-refractivity contribution >= 4 is 11.6 Å². The van der Waals surface area contributed by atoms with Crippen molar-refractivity contribution in [2.24, 2.45) is 0 Å². The van der Waals surface area contributed by atoms with Crippen LogP contribution in [0.5, 0.6) is 17.2 Å². The van der Waals surface area contributed by atoms with Gasteiger partial charge in [-0.05, 0) is 36.8 Å². The summed E-state index contributed by atoms with van der Waals surface area (Å²) in [4.78, 5) is 0. The second-order valence-electron chi connectivity index (χ2n) is 5.28. The van der Waals surface area contributed by atoms with Gasteiger partial charge in [0.25, 0.3) is 0 Å². The van der Waals surface area contributed by atoms with Crippen molar-refractivity contribution in [1.29, 1.82) is 0 Å². The molecule has 0 aliphatic rings. The van der Waals surface area contributed by atoms with Crippen LogP contribution in [0, 0.1) is 6.92 Å². The van der Waals surface area contributed by atoms with Crippen LogP contribution in [0.4, 0.5) is 0 Å². The van der Waals surface area contributed by atoms with E-state index in [4.69, 9.17) is 21.1 Å². The van der Waals surface area contributed by atoms with Gasteiger partial charge in [-0.15, -0.1) is 0 Å². The van der Waals surface area contributed by atoms with Gasteiger partial charge in [0.2, 0.25) is 0 Å². The van der Waals surface area contributed by atoms with E-state index >= 15 is 0 Å². The van der Waals surface area contributed by atoms with Crippen molar-refractivity contribution < 1.29 is 9.47 Å². The van der Waals surface area contributed by atoms with Crippen molar-refractivity contribution in [2.45, 2.75) is 13.5 Å². The average Bonchev–Trinajstić information content (AvgIpc) is 2.58. The van der Waals surface area contributed by atoms with Crippen molar-refractivity contribution in [2.75, 3.05) is 0 Å². The maximum atomic E-state index is 6.21. The molecule has 0 saturated heterocycles. The lowest BCUT2D eigenvalue weighted by Crippen LogP contribution is -1.96. The smallest absolute Gasteiger partial charge is 0.142 e. The van der Waals surface area contributed by atoms with Crippen LogP contribution in [0.2, 0.25) is 5.02 Å².